The van der Waals surface area contributed by atoms with Gasteiger partial charge in [0, 0.05) is 33.9 Å². The number of nitrogens with zero attached hydrogens (tertiary/aromatic N) is 4. The molecule has 0 aliphatic rings. The van der Waals surface area contributed by atoms with Crippen molar-refractivity contribution in [2.75, 3.05) is 14.2 Å². The number of aromatic nitrogens is 2. The number of rotatable bonds is 6. The SMILES string of the molecule is CO.CO.Cc1cccc2sc([N-]S(=O)(=O)c3ccccc3)nc12.Cc1cccc2sc([N-]S(=O)(=O)c3ccccc3)nc12.N.N.[Cu+2].[Cu+2]. The van der Waals surface area contributed by atoms with Gasteiger partial charge in [0.1, 0.15) is 0 Å². The van der Waals surface area contributed by atoms with Crippen molar-refractivity contribution in [2.24, 2.45) is 0 Å². The summed E-state index contributed by atoms with van der Waals surface area (Å²) >= 11 is 2.55. The Morgan fingerprint density at radius 1 is 0.521 bits per heavy atom. The first-order chi connectivity index (χ1) is 21.1. The summed E-state index contributed by atoms with van der Waals surface area (Å²) in [6, 6.07) is 27.9. The smallest absolute Gasteiger partial charge is 0.425 e. The molecular weight excluding hydrogens is 796 g/mol. The minimum Gasteiger partial charge on any atom is -0.425 e. The van der Waals surface area contributed by atoms with Crippen LogP contribution in [0.25, 0.3) is 29.9 Å². The molecule has 48 heavy (non-hydrogen) atoms. The zero-order valence-electron chi connectivity index (χ0n) is 26.2. The van der Waals surface area contributed by atoms with E-state index in [0.717, 1.165) is 45.8 Å². The molecule has 4 aromatic carbocycles. The molecule has 8 N–H and O–H groups in total. The van der Waals surface area contributed by atoms with Gasteiger partial charge < -0.3 is 41.9 Å². The van der Waals surface area contributed by atoms with Crippen LogP contribution in [0.2, 0.25) is 0 Å². The molecule has 0 amide bonds. The summed E-state index contributed by atoms with van der Waals surface area (Å²) in [7, 11) is -5.40. The van der Waals surface area contributed by atoms with E-state index in [2.05, 4.69) is 19.4 Å². The van der Waals surface area contributed by atoms with E-state index < -0.39 is 20.0 Å². The molecule has 266 valence electrons. The summed E-state index contributed by atoms with van der Waals surface area (Å²) in [5.74, 6) is 0. The zero-order chi connectivity index (χ0) is 32.3. The average Bonchev–Trinajstić information content (AvgIpc) is 3.65. The predicted octanol–water partition coefficient (Wildman–Crippen LogP) is 7.53. The molecular formula is C30H36Cu2N6O6S4+2. The number of benzene rings is 4. The third-order valence-corrected chi connectivity index (χ3v) is 10.3. The Morgan fingerprint density at radius 2 is 0.833 bits per heavy atom. The maximum absolute atomic E-state index is 12.2. The summed E-state index contributed by atoms with van der Waals surface area (Å²) in [6.45, 7) is 3.88. The second-order valence-corrected chi connectivity index (χ2v) is 13.8. The molecule has 18 heteroatoms. The molecule has 0 unspecified atom stereocenters. The van der Waals surface area contributed by atoms with Crippen molar-refractivity contribution in [1.82, 2.24) is 22.3 Å². The molecule has 0 bridgehead atoms. The molecule has 2 aromatic heterocycles. The van der Waals surface area contributed by atoms with Crippen molar-refractivity contribution >= 4 is 73.4 Å². The van der Waals surface area contributed by atoms with E-state index >= 15 is 0 Å². The van der Waals surface area contributed by atoms with Crippen LogP contribution in [-0.4, -0.2) is 51.2 Å². The first-order valence-electron chi connectivity index (χ1n) is 12.8. The van der Waals surface area contributed by atoms with Crippen molar-refractivity contribution in [2.45, 2.75) is 23.6 Å². The van der Waals surface area contributed by atoms with Gasteiger partial charge in [0.25, 0.3) is 0 Å². The summed E-state index contributed by atoms with van der Waals surface area (Å²) < 4.78 is 58.2. The Morgan fingerprint density at radius 3 is 1.12 bits per heavy atom. The molecule has 12 nitrogen and oxygen atoms in total. The van der Waals surface area contributed by atoms with Crippen LogP contribution >= 0.6 is 22.7 Å². The number of hydrogen-bond donors (Lipinski definition) is 4. The zero-order valence-corrected chi connectivity index (χ0v) is 31.4. The summed E-state index contributed by atoms with van der Waals surface area (Å²) in [4.78, 5) is 8.94. The average molecular weight is 832 g/mol. The summed E-state index contributed by atoms with van der Waals surface area (Å²) in [5, 5.41) is 14.5. The van der Waals surface area contributed by atoms with Gasteiger partial charge in [0.2, 0.25) is 20.0 Å². The molecule has 0 saturated heterocycles. The standard InChI is InChI=1S/2C14H11N2O2S2.2CH4O.2Cu.2H3N/c2*1-10-6-5-9-12-13(10)15-14(19-12)16-20(17,18)11-7-3-2-4-8-11;2*1-2;;;;/h2*2-9H,1H3;2*2H,1H3;;;2*1H3/q2*-1;;;2*+2;;. The largest absolute Gasteiger partial charge is 2.00 e. The van der Waals surface area contributed by atoms with Crippen LogP contribution in [0.15, 0.2) is 107 Å². The Balaban J connectivity index is 0. The number of sulfonamides is 2. The molecule has 6 aromatic rings. The fourth-order valence-electron chi connectivity index (χ4n) is 3.72. The molecule has 0 saturated carbocycles. The second-order valence-electron chi connectivity index (χ2n) is 8.59. The number of para-hydroxylation sites is 2. The second kappa shape index (κ2) is 21.9. The van der Waals surface area contributed by atoms with Gasteiger partial charge in [-0.25, -0.2) is 16.8 Å². The van der Waals surface area contributed by atoms with Crippen molar-refractivity contribution in [3.8, 4) is 0 Å². The van der Waals surface area contributed by atoms with Crippen LogP contribution in [-0.2, 0) is 54.2 Å². The number of fused-ring (bicyclic) bond motifs is 2. The van der Waals surface area contributed by atoms with Gasteiger partial charge >= 0.3 is 34.1 Å². The molecule has 2 radical (unpaired) electrons. The van der Waals surface area contributed by atoms with Crippen molar-refractivity contribution < 1.29 is 61.2 Å². The van der Waals surface area contributed by atoms with Crippen molar-refractivity contribution in [3.63, 3.8) is 0 Å². The predicted molar refractivity (Wildman–Crippen MR) is 188 cm³/mol. The maximum Gasteiger partial charge on any atom is 2.00 e. The first-order valence-corrected chi connectivity index (χ1v) is 17.3. The van der Waals surface area contributed by atoms with E-state index in [4.69, 9.17) is 10.2 Å². The minimum atomic E-state index is -3.70. The number of thiazole rings is 2. The normalized spacial score (nSPS) is 9.96. The minimum absolute atomic E-state index is 0. The van der Waals surface area contributed by atoms with Crippen LogP contribution in [0.5, 0.6) is 0 Å². The molecule has 0 aliphatic carbocycles. The van der Waals surface area contributed by atoms with Gasteiger partial charge in [-0.15, -0.1) is 22.7 Å². The van der Waals surface area contributed by atoms with Gasteiger partial charge in [-0.3, -0.25) is 0 Å². The Hall–Kier alpha value is -2.96. The van der Waals surface area contributed by atoms with Crippen LogP contribution in [0, 0.1) is 13.8 Å². The van der Waals surface area contributed by atoms with E-state index in [9.17, 15) is 16.8 Å². The van der Waals surface area contributed by atoms with Gasteiger partial charge in [0.05, 0.1) is 9.79 Å². The Bertz CT molecular complexity index is 1880. The Kier molecular flexibility index (Phi) is 21.5. The van der Waals surface area contributed by atoms with E-state index in [-0.39, 0.29) is 66.5 Å². The maximum atomic E-state index is 12.2. The summed E-state index contributed by atoms with van der Waals surface area (Å²) in [5.41, 5.74) is 3.63. The van der Waals surface area contributed by atoms with Crippen molar-refractivity contribution in [1.29, 1.82) is 0 Å². The van der Waals surface area contributed by atoms with E-state index in [1.54, 1.807) is 36.4 Å². The molecule has 0 aliphatic heterocycles. The van der Waals surface area contributed by atoms with Gasteiger partial charge in [-0.1, -0.05) is 60.7 Å². The molecule has 0 fully saturated rings. The van der Waals surface area contributed by atoms with Gasteiger partial charge in [0.15, 0.2) is 0 Å². The number of aliphatic hydroxyl groups is 2. The number of aryl methyl sites for hydroxylation is 2. The first kappa shape index (κ1) is 47.2. The van der Waals surface area contributed by atoms with Crippen LogP contribution in [0.3, 0.4) is 0 Å². The molecule has 0 atom stereocenters. The molecule has 0 spiro atoms. The topological polar surface area (TPSA) is 233 Å². The van der Waals surface area contributed by atoms with E-state index in [1.165, 1.54) is 46.9 Å². The van der Waals surface area contributed by atoms with Gasteiger partial charge in [-0.2, -0.15) is 0 Å². The van der Waals surface area contributed by atoms with Gasteiger partial charge in [-0.05, 0) is 72.4 Å². The van der Waals surface area contributed by atoms with Crippen LogP contribution in [0.4, 0.5) is 10.3 Å². The van der Waals surface area contributed by atoms with Crippen LogP contribution < -0.4 is 12.3 Å². The van der Waals surface area contributed by atoms with Crippen molar-refractivity contribution in [3.05, 3.63) is 118 Å². The van der Waals surface area contributed by atoms with E-state index in [0.29, 0.717) is 0 Å². The summed E-state index contributed by atoms with van der Waals surface area (Å²) in [6.07, 6.45) is 0. The number of hydrogen-bond acceptors (Lipinski definition) is 12. The number of aliphatic hydroxyl groups excluding tert-OH is 2. The third kappa shape index (κ3) is 12.2. The van der Waals surface area contributed by atoms with E-state index in [1.807, 2.05) is 50.2 Å². The molecule has 2 heterocycles. The fourth-order valence-corrected chi connectivity index (χ4v) is 7.88. The third-order valence-electron chi connectivity index (χ3n) is 5.70. The fraction of sp³-hybridized carbons (Fsp3) is 0.133. The van der Waals surface area contributed by atoms with Crippen LogP contribution in [0.1, 0.15) is 11.1 Å². The molecule has 6 rings (SSSR count). The monoisotopic (exact) mass is 830 g/mol. The quantitative estimate of drug-likeness (QED) is 0.120. The Labute approximate surface area is 310 Å².